The van der Waals surface area contributed by atoms with Crippen molar-refractivity contribution in [3.05, 3.63) is 78.4 Å². The minimum Gasteiger partial charge on any atom is -0.341 e. The molecule has 1 unspecified atom stereocenters. The Labute approximate surface area is 193 Å². The van der Waals surface area contributed by atoms with Crippen molar-refractivity contribution >= 4 is 33.4 Å². The summed E-state index contributed by atoms with van der Waals surface area (Å²) < 4.78 is 16.3. The maximum Gasteiger partial charge on any atom is 0.225 e. The molecule has 0 spiro atoms. The maximum atomic E-state index is 14.0. The smallest absolute Gasteiger partial charge is 0.225 e. The van der Waals surface area contributed by atoms with Crippen molar-refractivity contribution in [3.8, 4) is 0 Å². The molecule has 33 heavy (non-hydrogen) atoms. The predicted octanol–water partition coefficient (Wildman–Crippen LogP) is 5.39. The van der Waals surface area contributed by atoms with Gasteiger partial charge in [0.05, 0.1) is 6.04 Å². The standard InChI is InChI=1S/C27H29FN4O/c1-2-32-24-11-7-6-10-22(24)23-18-21(12-13-25(23)32)29-27(33)14-15-30-16-17-31(28)19-26(30)20-8-4-3-5-9-20/h3-13,18,26H,2,14-17,19H2,1H3,(H,29,33). The third-order valence-electron chi connectivity index (χ3n) is 6.62. The van der Waals surface area contributed by atoms with E-state index in [0.29, 0.717) is 32.6 Å². The number of anilines is 1. The van der Waals surface area contributed by atoms with Crippen LogP contribution in [0.3, 0.4) is 0 Å². The number of piperazine rings is 1. The number of halogens is 1. The first-order valence-corrected chi connectivity index (χ1v) is 11.6. The Hall–Kier alpha value is -3.22. The second-order valence-electron chi connectivity index (χ2n) is 8.62. The van der Waals surface area contributed by atoms with Crippen molar-refractivity contribution in [2.24, 2.45) is 0 Å². The average molecular weight is 445 g/mol. The van der Waals surface area contributed by atoms with Gasteiger partial charge in [-0.05, 0) is 36.8 Å². The number of carbonyl (C=O) groups is 1. The lowest BCUT2D eigenvalue weighted by molar-refractivity contribution is -0.117. The van der Waals surface area contributed by atoms with Crippen LogP contribution in [0.4, 0.5) is 10.2 Å². The highest BCUT2D eigenvalue weighted by atomic mass is 19.2. The first-order chi connectivity index (χ1) is 16.1. The van der Waals surface area contributed by atoms with Crippen LogP contribution in [0.5, 0.6) is 0 Å². The van der Waals surface area contributed by atoms with E-state index in [-0.39, 0.29) is 11.9 Å². The molecule has 1 N–H and O–H groups in total. The molecule has 6 heteroatoms. The van der Waals surface area contributed by atoms with Crippen LogP contribution in [0, 0.1) is 0 Å². The minimum absolute atomic E-state index is 0.0249. The normalized spacial score (nSPS) is 17.6. The topological polar surface area (TPSA) is 40.5 Å². The van der Waals surface area contributed by atoms with Gasteiger partial charge < -0.3 is 9.88 Å². The Morgan fingerprint density at radius 3 is 2.55 bits per heavy atom. The van der Waals surface area contributed by atoms with Crippen LogP contribution in [0.2, 0.25) is 0 Å². The fraction of sp³-hybridized carbons (Fsp3) is 0.296. The average Bonchev–Trinajstić information content (AvgIpc) is 3.17. The molecule has 1 aliphatic heterocycles. The molecule has 1 atom stereocenters. The molecule has 2 heterocycles. The third-order valence-corrected chi connectivity index (χ3v) is 6.62. The summed E-state index contributed by atoms with van der Waals surface area (Å²) in [6.45, 7) is 4.92. The van der Waals surface area contributed by atoms with E-state index in [9.17, 15) is 9.28 Å². The van der Waals surface area contributed by atoms with Crippen molar-refractivity contribution in [1.29, 1.82) is 0 Å². The van der Waals surface area contributed by atoms with Crippen LogP contribution in [0.1, 0.15) is 24.9 Å². The molecule has 5 rings (SSSR count). The van der Waals surface area contributed by atoms with Gasteiger partial charge in [0.1, 0.15) is 0 Å². The molecule has 170 valence electrons. The van der Waals surface area contributed by atoms with Gasteiger partial charge in [-0.1, -0.05) is 48.5 Å². The molecule has 5 nitrogen and oxygen atoms in total. The van der Waals surface area contributed by atoms with Crippen LogP contribution >= 0.6 is 0 Å². The van der Waals surface area contributed by atoms with Crippen LogP contribution < -0.4 is 5.32 Å². The number of carbonyl (C=O) groups excluding carboxylic acids is 1. The summed E-state index contributed by atoms with van der Waals surface area (Å²) >= 11 is 0. The molecular formula is C27H29FN4O. The van der Waals surface area contributed by atoms with Crippen LogP contribution in [0.25, 0.3) is 21.8 Å². The minimum atomic E-state index is -0.0470. The quantitative estimate of drug-likeness (QED) is 0.406. The molecule has 0 radical (unpaired) electrons. The molecule has 3 aromatic carbocycles. The first kappa shape index (κ1) is 21.6. The Balaban J connectivity index is 1.29. The molecule has 1 aromatic heterocycles. The highest BCUT2D eigenvalue weighted by Crippen LogP contribution is 2.31. The number of hydrogen-bond acceptors (Lipinski definition) is 3. The molecule has 1 saturated heterocycles. The number of nitrogens with one attached hydrogen (secondary N) is 1. The van der Waals surface area contributed by atoms with Crippen molar-refractivity contribution in [2.45, 2.75) is 25.9 Å². The van der Waals surface area contributed by atoms with Gasteiger partial charge in [-0.25, -0.2) is 0 Å². The summed E-state index contributed by atoms with van der Waals surface area (Å²) in [4.78, 5) is 15.0. The number of hydrogen-bond donors (Lipinski definition) is 1. The summed E-state index contributed by atoms with van der Waals surface area (Å²) in [6, 6.07) is 24.4. The largest absolute Gasteiger partial charge is 0.341 e. The lowest BCUT2D eigenvalue weighted by atomic mass is 10.0. The monoisotopic (exact) mass is 444 g/mol. The second-order valence-corrected chi connectivity index (χ2v) is 8.62. The van der Waals surface area contributed by atoms with Gasteiger partial charge in [-0.15, -0.1) is 9.60 Å². The number of nitrogens with zero attached hydrogens (tertiary/aromatic N) is 3. The zero-order valence-corrected chi connectivity index (χ0v) is 18.9. The van der Waals surface area contributed by atoms with E-state index >= 15 is 0 Å². The van der Waals surface area contributed by atoms with Crippen LogP contribution in [-0.4, -0.2) is 46.7 Å². The molecule has 1 fully saturated rings. The Morgan fingerprint density at radius 1 is 0.970 bits per heavy atom. The van der Waals surface area contributed by atoms with Crippen LogP contribution in [0.15, 0.2) is 72.8 Å². The Bertz CT molecular complexity index is 1270. The van der Waals surface area contributed by atoms with Gasteiger partial charge in [-0.3, -0.25) is 9.69 Å². The lowest BCUT2D eigenvalue weighted by Crippen LogP contribution is -2.46. The molecule has 1 amide bonds. The highest BCUT2D eigenvalue weighted by molar-refractivity contribution is 6.09. The maximum absolute atomic E-state index is 14.0. The van der Waals surface area contributed by atoms with Gasteiger partial charge in [0.25, 0.3) is 0 Å². The molecular weight excluding hydrogens is 415 g/mol. The van der Waals surface area contributed by atoms with Gasteiger partial charge in [0, 0.05) is 66.6 Å². The van der Waals surface area contributed by atoms with E-state index in [1.165, 1.54) is 16.4 Å². The fourth-order valence-electron chi connectivity index (χ4n) is 4.99. The van der Waals surface area contributed by atoms with E-state index < -0.39 is 0 Å². The molecule has 1 aliphatic rings. The molecule has 4 aromatic rings. The lowest BCUT2D eigenvalue weighted by Gasteiger charge is -2.38. The van der Waals surface area contributed by atoms with Crippen molar-refractivity contribution in [3.63, 3.8) is 0 Å². The summed E-state index contributed by atoms with van der Waals surface area (Å²) in [5.41, 5.74) is 4.27. The van der Waals surface area contributed by atoms with E-state index in [2.05, 4.69) is 52.0 Å². The number of para-hydroxylation sites is 1. The second kappa shape index (κ2) is 9.33. The number of amides is 1. The third kappa shape index (κ3) is 4.36. The van der Waals surface area contributed by atoms with Gasteiger partial charge in [0.2, 0.25) is 5.91 Å². The zero-order valence-electron chi connectivity index (χ0n) is 18.9. The number of benzene rings is 3. The number of rotatable bonds is 6. The summed E-state index contributed by atoms with van der Waals surface area (Å²) in [6.07, 6.45) is 0.365. The highest BCUT2D eigenvalue weighted by Gasteiger charge is 2.28. The number of aryl methyl sites for hydroxylation is 1. The van der Waals surface area contributed by atoms with E-state index in [1.807, 2.05) is 42.5 Å². The van der Waals surface area contributed by atoms with E-state index in [0.717, 1.165) is 28.3 Å². The Morgan fingerprint density at radius 2 is 1.73 bits per heavy atom. The van der Waals surface area contributed by atoms with Gasteiger partial charge in [0.15, 0.2) is 0 Å². The van der Waals surface area contributed by atoms with E-state index in [1.54, 1.807) is 0 Å². The van der Waals surface area contributed by atoms with E-state index in [4.69, 9.17) is 0 Å². The fourth-order valence-corrected chi connectivity index (χ4v) is 4.99. The molecule has 0 bridgehead atoms. The van der Waals surface area contributed by atoms with Crippen molar-refractivity contribution < 1.29 is 9.28 Å². The Kier molecular flexibility index (Phi) is 6.11. The van der Waals surface area contributed by atoms with Gasteiger partial charge in [-0.2, -0.15) is 0 Å². The SMILES string of the molecule is CCn1c2ccccc2c2cc(NC(=O)CCN3CCN(F)CC3c3ccccc3)ccc21. The number of aromatic nitrogens is 1. The molecule has 0 saturated carbocycles. The first-order valence-electron chi connectivity index (χ1n) is 11.6. The van der Waals surface area contributed by atoms with Crippen LogP contribution in [-0.2, 0) is 11.3 Å². The van der Waals surface area contributed by atoms with Crippen molar-refractivity contribution in [1.82, 2.24) is 14.6 Å². The summed E-state index contributed by atoms with van der Waals surface area (Å²) in [5, 5.41) is 6.28. The van der Waals surface area contributed by atoms with Gasteiger partial charge >= 0.3 is 0 Å². The summed E-state index contributed by atoms with van der Waals surface area (Å²) in [7, 11) is 0. The predicted molar refractivity (Wildman–Crippen MR) is 132 cm³/mol. The zero-order chi connectivity index (χ0) is 22.8. The number of fused-ring (bicyclic) bond motifs is 3. The van der Waals surface area contributed by atoms with Crippen molar-refractivity contribution in [2.75, 3.05) is 31.5 Å². The molecule has 0 aliphatic carbocycles. The summed E-state index contributed by atoms with van der Waals surface area (Å²) in [5.74, 6) is -0.0249.